The van der Waals surface area contributed by atoms with Gasteiger partial charge in [-0.2, -0.15) is 4.31 Å². The van der Waals surface area contributed by atoms with Crippen molar-refractivity contribution in [2.24, 2.45) is 5.92 Å². The van der Waals surface area contributed by atoms with Crippen LogP contribution >= 0.6 is 0 Å². The summed E-state index contributed by atoms with van der Waals surface area (Å²) in [7, 11) is -2.74. The number of hydrogen-bond acceptors (Lipinski definition) is 7. The summed E-state index contributed by atoms with van der Waals surface area (Å²) in [4.78, 5) is 14.1. The molecule has 1 aliphatic heterocycles. The number of sulfonamides is 1. The largest absolute Gasteiger partial charge is 0.394 e. The molecule has 0 radical (unpaired) electrons. The molecular weight excluding hydrogens is 465 g/mol. The van der Waals surface area contributed by atoms with Gasteiger partial charge in [0.05, 0.1) is 31.6 Å². The van der Waals surface area contributed by atoms with Gasteiger partial charge in [0.2, 0.25) is 15.9 Å². The molecule has 1 aromatic carbocycles. The predicted octanol–water partition coefficient (Wildman–Crippen LogP) is 1.26. The van der Waals surface area contributed by atoms with Gasteiger partial charge in [0.25, 0.3) is 0 Å². The van der Waals surface area contributed by atoms with E-state index in [-0.39, 0.29) is 44.5 Å². The third-order valence-corrected chi connectivity index (χ3v) is 7.86. The van der Waals surface area contributed by atoms with Crippen molar-refractivity contribution in [2.75, 3.05) is 26.7 Å². The number of benzene rings is 1. The first-order valence-electron chi connectivity index (χ1n) is 11.2. The maximum atomic E-state index is 14.2. The minimum Gasteiger partial charge on any atom is -0.394 e. The number of hydrogen-bond donors (Lipinski definition) is 1. The van der Waals surface area contributed by atoms with Crippen LogP contribution in [0.25, 0.3) is 0 Å². The van der Waals surface area contributed by atoms with Crippen LogP contribution in [0.2, 0.25) is 0 Å². The Morgan fingerprint density at radius 2 is 2.09 bits per heavy atom. The average molecular weight is 498 g/mol. The molecule has 1 aromatic heterocycles. The van der Waals surface area contributed by atoms with Crippen molar-refractivity contribution in [2.45, 2.75) is 56.9 Å². The second-order valence-electron chi connectivity index (χ2n) is 8.70. The van der Waals surface area contributed by atoms with Crippen LogP contribution in [0.3, 0.4) is 0 Å². The molecule has 0 aliphatic carbocycles. The van der Waals surface area contributed by atoms with Crippen molar-refractivity contribution in [3.63, 3.8) is 0 Å². The van der Waals surface area contributed by atoms with Crippen LogP contribution in [0.1, 0.15) is 32.4 Å². The molecule has 0 unspecified atom stereocenters. The van der Waals surface area contributed by atoms with Crippen molar-refractivity contribution in [1.82, 2.24) is 24.2 Å². The zero-order chi connectivity index (χ0) is 24.9. The lowest BCUT2D eigenvalue weighted by molar-refractivity contribution is -0.136. The molecule has 10 nitrogen and oxygen atoms in total. The summed E-state index contributed by atoms with van der Waals surface area (Å²) in [5, 5.41) is 17.8. The van der Waals surface area contributed by atoms with Gasteiger partial charge in [0.1, 0.15) is 16.4 Å². The molecule has 1 amide bonds. The van der Waals surface area contributed by atoms with Gasteiger partial charge in [0, 0.05) is 39.0 Å². The molecule has 0 saturated heterocycles. The quantitative estimate of drug-likeness (QED) is 0.638. The van der Waals surface area contributed by atoms with E-state index in [0.29, 0.717) is 18.7 Å². The normalized spacial score (nSPS) is 21.6. The van der Waals surface area contributed by atoms with Gasteiger partial charge in [-0.05, 0) is 25.5 Å². The number of likely N-dealkylation sites (N-methyl/N-ethyl adjacent to an activating group) is 1. The van der Waals surface area contributed by atoms with Crippen LogP contribution < -0.4 is 0 Å². The number of aromatic nitrogens is 3. The minimum absolute atomic E-state index is 0.0679. The third-order valence-electron chi connectivity index (χ3n) is 6.01. The molecular formula is C22H32FN5O5S. The Balaban J connectivity index is 1.87. The van der Waals surface area contributed by atoms with Gasteiger partial charge in [-0.1, -0.05) is 24.3 Å². The maximum Gasteiger partial charge on any atom is 0.245 e. The van der Waals surface area contributed by atoms with Gasteiger partial charge in [0.15, 0.2) is 0 Å². The van der Waals surface area contributed by atoms with Gasteiger partial charge in [-0.15, -0.1) is 5.10 Å². The van der Waals surface area contributed by atoms with Gasteiger partial charge < -0.3 is 14.7 Å². The van der Waals surface area contributed by atoms with Crippen LogP contribution in [-0.2, 0) is 32.7 Å². The first-order chi connectivity index (χ1) is 16.1. The van der Waals surface area contributed by atoms with E-state index in [0.717, 1.165) is 10.4 Å². The van der Waals surface area contributed by atoms with E-state index in [1.54, 1.807) is 22.7 Å². The lowest BCUT2D eigenvalue weighted by Crippen LogP contribution is -2.47. The van der Waals surface area contributed by atoms with Crippen LogP contribution in [0.5, 0.6) is 0 Å². The fourth-order valence-electron chi connectivity index (χ4n) is 3.87. The smallest absolute Gasteiger partial charge is 0.245 e. The second-order valence-corrected chi connectivity index (χ2v) is 10.7. The minimum atomic E-state index is -4.11. The maximum absolute atomic E-state index is 14.2. The average Bonchev–Trinajstić information content (AvgIpc) is 3.26. The number of aliphatic hydroxyl groups excluding tert-OH is 1. The summed E-state index contributed by atoms with van der Waals surface area (Å²) in [6.45, 7) is 4.24. The number of aliphatic hydroxyl groups is 1. The molecule has 0 saturated carbocycles. The first-order valence-corrected chi connectivity index (χ1v) is 12.7. The summed E-state index contributed by atoms with van der Waals surface area (Å²) in [6, 6.07) is 4.80. The van der Waals surface area contributed by atoms with E-state index in [1.807, 2.05) is 6.92 Å². The SMILES string of the molecule is C[C@H]1CN([C@@H](C)CO)C(=O)CCCn2cc(nn2)CO[C@@H]1CN(C)S(=O)(=O)c1ccccc1F. The molecule has 1 N–H and O–H groups in total. The molecule has 3 rings (SSSR count). The third kappa shape index (κ3) is 6.17. The number of aryl methyl sites for hydroxylation is 1. The first kappa shape index (κ1) is 26.2. The van der Waals surface area contributed by atoms with E-state index in [2.05, 4.69) is 10.3 Å². The Morgan fingerprint density at radius 1 is 1.35 bits per heavy atom. The van der Waals surface area contributed by atoms with E-state index in [4.69, 9.17) is 4.74 Å². The fourth-order valence-corrected chi connectivity index (χ4v) is 5.11. The van der Waals surface area contributed by atoms with Crippen LogP contribution in [0.4, 0.5) is 4.39 Å². The molecule has 188 valence electrons. The van der Waals surface area contributed by atoms with E-state index >= 15 is 0 Å². The molecule has 1 aliphatic rings. The summed E-state index contributed by atoms with van der Waals surface area (Å²) < 4.78 is 49.1. The van der Waals surface area contributed by atoms with Gasteiger partial charge >= 0.3 is 0 Å². The van der Waals surface area contributed by atoms with Gasteiger partial charge in [-0.3, -0.25) is 9.48 Å². The highest BCUT2D eigenvalue weighted by Crippen LogP contribution is 2.22. The Hall–Kier alpha value is -2.41. The van der Waals surface area contributed by atoms with Crippen molar-refractivity contribution < 1.29 is 27.4 Å². The van der Waals surface area contributed by atoms with Crippen LogP contribution in [0, 0.1) is 11.7 Å². The Labute approximate surface area is 199 Å². The number of rotatable bonds is 6. The standard InChI is InChI=1S/C22H32FN5O5S/c1-16-11-28(17(2)14-29)22(30)9-6-10-27-12-18(24-25-27)15-33-20(16)13-26(3)34(31,32)21-8-5-4-7-19(21)23/h4-5,7-8,12,16-17,20,29H,6,9-11,13-15H2,1-3H3/t16-,17-,20+/m0/s1. The van der Waals surface area contributed by atoms with Crippen LogP contribution in [0.15, 0.2) is 35.4 Å². The van der Waals surface area contributed by atoms with Crippen molar-refractivity contribution >= 4 is 15.9 Å². The lowest BCUT2D eigenvalue weighted by atomic mass is 10.0. The zero-order valence-electron chi connectivity index (χ0n) is 19.7. The topological polar surface area (TPSA) is 118 Å². The predicted molar refractivity (Wildman–Crippen MR) is 121 cm³/mol. The highest BCUT2D eigenvalue weighted by Gasteiger charge is 2.32. The molecule has 2 heterocycles. The van der Waals surface area contributed by atoms with E-state index in [1.165, 1.54) is 25.2 Å². The van der Waals surface area contributed by atoms with Crippen molar-refractivity contribution in [3.8, 4) is 0 Å². The Kier molecular flexibility index (Phi) is 8.74. The molecule has 0 fully saturated rings. The zero-order valence-corrected chi connectivity index (χ0v) is 20.5. The molecule has 0 spiro atoms. The highest BCUT2D eigenvalue weighted by molar-refractivity contribution is 7.89. The number of carbonyl (C=O) groups is 1. The monoisotopic (exact) mass is 497 g/mol. The molecule has 34 heavy (non-hydrogen) atoms. The van der Waals surface area contributed by atoms with Crippen LogP contribution in [-0.4, -0.2) is 82.5 Å². The number of ether oxygens (including phenoxy) is 1. The van der Waals surface area contributed by atoms with Crippen molar-refractivity contribution in [1.29, 1.82) is 0 Å². The summed E-state index contributed by atoms with van der Waals surface area (Å²) in [5.74, 6) is -1.24. The Bertz CT molecular complexity index is 1080. The fraction of sp³-hybridized carbons (Fsp3) is 0.591. The summed E-state index contributed by atoms with van der Waals surface area (Å²) in [5.41, 5.74) is 0.586. The molecule has 12 heteroatoms. The number of amides is 1. The molecule has 3 atom stereocenters. The summed E-state index contributed by atoms with van der Waals surface area (Å²) in [6.07, 6.45) is 1.94. The number of halogens is 1. The summed E-state index contributed by atoms with van der Waals surface area (Å²) >= 11 is 0. The number of fused-ring (bicyclic) bond motifs is 2. The Morgan fingerprint density at radius 3 is 2.79 bits per heavy atom. The van der Waals surface area contributed by atoms with Crippen molar-refractivity contribution in [3.05, 3.63) is 42.0 Å². The van der Waals surface area contributed by atoms with E-state index in [9.17, 15) is 22.7 Å². The number of carbonyl (C=O) groups excluding carboxylic acids is 1. The molecule has 2 bridgehead atoms. The van der Waals surface area contributed by atoms with Gasteiger partial charge in [-0.25, -0.2) is 12.8 Å². The molecule has 2 aromatic rings. The second kappa shape index (κ2) is 11.3. The number of nitrogens with zero attached hydrogens (tertiary/aromatic N) is 5. The van der Waals surface area contributed by atoms with E-state index < -0.39 is 32.9 Å². The highest BCUT2D eigenvalue weighted by atomic mass is 32.2. The lowest BCUT2D eigenvalue weighted by Gasteiger charge is -2.35.